The molecule has 1 aliphatic heterocycles. The fourth-order valence-corrected chi connectivity index (χ4v) is 4.72. The van der Waals surface area contributed by atoms with E-state index in [2.05, 4.69) is 51.7 Å². The molecule has 2 heterocycles. The van der Waals surface area contributed by atoms with Crippen molar-refractivity contribution in [1.29, 1.82) is 0 Å². The van der Waals surface area contributed by atoms with Crippen LogP contribution in [0.1, 0.15) is 46.1 Å². The molecule has 33 heavy (non-hydrogen) atoms. The van der Waals surface area contributed by atoms with E-state index in [0.29, 0.717) is 36.4 Å². The SMILES string of the molecule is Cc1ccccc1-c1nc2ccc(OCC(C)C)cc2c(=O)n1C[C@H]1CCCN(C(C)C)C1. The van der Waals surface area contributed by atoms with Crippen molar-refractivity contribution in [2.24, 2.45) is 11.8 Å². The molecule has 0 spiro atoms. The maximum atomic E-state index is 13.9. The first-order chi connectivity index (χ1) is 15.8. The van der Waals surface area contributed by atoms with Crippen molar-refractivity contribution in [3.8, 4) is 17.1 Å². The maximum Gasteiger partial charge on any atom is 0.261 e. The topological polar surface area (TPSA) is 47.4 Å². The zero-order chi connectivity index (χ0) is 23.5. The molecule has 3 aromatic rings. The summed E-state index contributed by atoms with van der Waals surface area (Å²) in [6.45, 7) is 14.3. The van der Waals surface area contributed by atoms with Gasteiger partial charge in [-0.2, -0.15) is 0 Å². The van der Waals surface area contributed by atoms with Crippen molar-refractivity contribution in [1.82, 2.24) is 14.5 Å². The molecule has 1 aromatic heterocycles. The van der Waals surface area contributed by atoms with Gasteiger partial charge in [0.05, 0.1) is 17.5 Å². The zero-order valence-corrected chi connectivity index (χ0v) is 20.7. The predicted octanol–water partition coefficient (Wildman–Crippen LogP) is 5.53. The number of aryl methyl sites for hydroxylation is 1. The van der Waals surface area contributed by atoms with E-state index in [4.69, 9.17) is 9.72 Å². The van der Waals surface area contributed by atoms with Crippen molar-refractivity contribution < 1.29 is 4.74 Å². The van der Waals surface area contributed by atoms with Gasteiger partial charge in [-0.1, -0.05) is 38.1 Å². The molecule has 5 heteroatoms. The molecule has 1 aliphatic rings. The number of nitrogens with zero attached hydrogens (tertiary/aromatic N) is 3. The normalized spacial score (nSPS) is 17.2. The first-order valence-corrected chi connectivity index (χ1v) is 12.3. The molecule has 0 N–H and O–H groups in total. The van der Waals surface area contributed by atoms with E-state index < -0.39 is 0 Å². The lowest BCUT2D eigenvalue weighted by Gasteiger charge is -2.36. The Labute approximate surface area is 197 Å². The van der Waals surface area contributed by atoms with Crippen molar-refractivity contribution in [2.45, 2.75) is 60.0 Å². The van der Waals surface area contributed by atoms with Gasteiger partial charge in [0.15, 0.2) is 0 Å². The number of likely N-dealkylation sites (tertiary alicyclic amines) is 1. The summed E-state index contributed by atoms with van der Waals surface area (Å²) in [5, 5.41) is 0.630. The van der Waals surface area contributed by atoms with Crippen LogP contribution in [0.25, 0.3) is 22.3 Å². The monoisotopic (exact) mass is 447 g/mol. The molecule has 1 fully saturated rings. The van der Waals surface area contributed by atoms with Crippen molar-refractivity contribution in [2.75, 3.05) is 19.7 Å². The fraction of sp³-hybridized carbons (Fsp3) is 0.500. The maximum absolute atomic E-state index is 13.9. The Bertz CT molecular complexity index is 1170. The first-order valence-electron chi connectivity index (χ1n) is 12.3. The van der Waals surface area contributed by atoms with Crippen LogP contribution in [0.5, 0.6) is 5.75 Å². The molecule has 0 saturated carbocycles. The minimum Gasteiger partial charge on any atom is -0.493 e. The fourth-order valence-electron chi connectivity index (χ4n) is 4.72. The quantitative estimate of drug-likeness (QED) is 0.478. The van der Waals surface area contributed by atoms with Crippen LogP contribution in [0.15, 0.2) is 47.3 Å². The van der Waals surface area contributed by atoms with Crippen molar-refractivity contribution in [3.63, 3.8) is 0 Å². The minimum absolute atomic E-state index is 0.0231. The molecule has 2 aromatic carbocycles. The highest BCUT2D eigenvalue weighted by molar-refractivity contribution is 5.81. The van der Waals surface area contributed by atoms with E-state index in [-0.39, 0.29) is 5.56 Å². The summed E-state index contributed by atoms with van der Waals surface area (Å²) in [6, 6.07) is 14.4. The van der Waals surface area contributed by atoms with E-state index >= 15 is 0 Å². The predicted molar refractivity (Wildman–Crippen MR) is 136 cm³/mol. The summed E-state index contributed by atoms with van der Waals surface area (Å²) >= 11 is 0. The molecule has 0 bridgehead atoms. The molecule has 5 nitrogen and oxygen atoms in total. The Morgan fingerprint density at radius 2 is 1.91 bits per heavy atom. The van der Waals surface area contributed by atoms with Gasteiger partial charge in [-0.3, -0.25) is 9.36 Å². The van der Waals surface area contributed by atoms with Crippen LogP contribution in [0, 0.1) is 18.8 Å². The Balaban J connectivity index is 1.80. The van der Waals surface area contributed by atoms with E-state index in [9.17, 15) is 4.79 Å². The third-order valence-electron chi connectivity index (χ3n) is 6.62. The summed E-state index contributed by atoms with van der Waals surface area (Å²) < 4.78 is 7.83. The lowest BCUT2D eigenvalue weighted by Crippen LogP contribution is -2.42. The smallest absolute Gasteiger partial charge is 0.261 e. The van der Waals surface area contributed by atoms with Crippen molar-refractivity contribution in [3.05, 3.63) is 58.4 Å². The average Bonchev–Trinajstić information content (AvgIpc) is 2.80. The highest BCUT2D eigenvalue weighted by Gasteiger charge is 2.24. The molecular weight excluding hydrogens is 410 g/mol. The average molecular weight is 448 g/mol. The molecule has 0 aliphatic carbocycles. The highest BCUT2D eigenvalue weighted by Crippen LogP contribution is 2.27. The summed E-state index contributed by atoms with van der Waals surface area (Å²) in [6.07, 6.45) is 2.31. The lowest BCUT2D eigenvalue weighted by molar-refractivity contribution is 0.130. The van der Waals surface area contributed by atoms with Crippen LogP contribution in [-0.2, 0) is 6.54 Å². The number of hydrogen-bond acceptors (Lipinski definition) is 4. The number of benzene rings is 2. The van der Waals surface area contributed by atoms with E-state index in [1.54, 1.807) is 0 Å². The largest absolute Gasteiger partial charge is 0.493 e. The number of fused-ring (bicyclic) bond motifs is 1. The van der Waals surface area contributed by atoms with Gasteiger partial charge in [0.25, 0.3) is 5.56 Å². The third-order valence-corrected chi connectivity index (χ3v) is 6.62. The molecule has 4 rings (SSSR count). The number of piperidine rings is 1. The van der Waals surface area contributed by atoms with Crippen LogP contribution >= 0.6 is 0 Å². The molecule has 0 unspecified atom stereocenters. The lowest BCUT2D eigenvalue weighted by atomic mass is 9.96. The number of aromatic nitrogens is 2. The van der Waals surface area contributed by atoms with Crippen LogP contribution in [0.2, 0.25) is 0 Å². The van der Waals surface area contributed by atoms with Gasteiger partial charge in [-0.05, 0) is 75.8 Å². The van der Waals surface area contributed by atoms with Gasteiger partial charge in [-0.15, -0.1) is 0 Å². The summed E-state index contributed by atoms with van der Waals surface area (Å²) in [5.41, 5.74) is 2.89. The van der Waals surface area contributed by atoms with Gasteiger partial charge < -0.3 is 9.64 Å². The van der Waals surface area contributed by atoms with Crippen molar-refractivity contribution >= 4 is 10.9 Å². The highest BCUT2D eigenvalue weighted by atomic mass is 16.5. The van der Waals surface area contributed by atoms with Gasteiger partial charge in [-0.25, -0.2) is 4.98 Å². The van der Waals surface area contributed by atoms with Gasteiger partial charge in [0.1, 0.15) is 11.6 Å². The Morgan fingerprint density at radius 1 is 1.12 bits per heavy atom. The Hall–Kier alpha value is -2.66. The van der Waals surface area contributed by atoms with E-state index in [1.165, 1.54) is 6.42 Å². The third kappa shape index (κ3) is 5.30. The minimum atomic E-state index is 0.0231. The molecule has 1 atom stereocenters. The van der Waals surface area contributed by atoms with Crippen LogP contribution in [0.3, 0.4) is 0 Å². The van der Waals surface area contributed by atoms with Crippen LogP contribution < -0.4 is 10.3 Å². The second-order valence-corrected chi connectivity index (χ2v) is 10.1. The van der Waals surface area contributed by atoms with Gasteiger partial charge >= 0.3 is 0 Å². The molecule has 1 saturated heterocycles. The summed E-state index contributed by atoms with van der Waals surface area (Å²) in [7, 11) is 0. The zero-order valence-electron chi connectivity index (χ0n) is 20.7. The Kier molecular flexibility index (Phi) is 7.18. The summed E-state index contributed by atoms with van der Waals surface area (Å²) in [5.74, 6) is 2.35. The van der Waals surface area contributed by atoms with Crippen LogP contribution in [-0.4, -0.2) is 40.2 Å². The van der Waals surface area contributed by atoms with E-state index in [0.717, 1.165) is 47.7 Å². The van der Waals surface area contributed by atoms with Gasteiger partial charge in [0.2, 0.25) is 0 Å². The van der Waals surface area contributed by atoms with Crippen LogP contribution in [0.4, 0.5) is 0 Å². The van der Waals surface area contributed by atoms with E-state index in [1.807, 2.05) is 34.9 Å². The first kappa shape index (κ1) is 23.5. The number of ether oxygens (including phenoxy) is 1. The molecular formula is C28H37N3O2. The van der Waals surface area contributed by atoms with Gasteiger partial charge in [0, 0.05) is 24.7 Å². The number of hydrogen-bond donors (Lipinski definition) is 0. The molecule has 0 amide bonds. The standard InChI is InChI=1S/C28H37N3O2/c1-19(2)18-33-23-12-13-26-25(15-23)28(32)31(17-22-10-8-14-30(16-22)20(3)4)27(29-26)24-11-7-6-9-21(24)5/h6-7,9,11-13,15,19-20,22H,8,10,14,16-18H2,1-5H3/t22-/m0/s1. The second-order valence-electron chi connectivity index (χ2n) is 10.1. The second kappa shape index (κ2) is 10.1. The molecule has 176 valence electrons. The molecule has 0 radical (unpaired) electrons. The Morgan fingerprint density at radius 3 is 2.64 bits per heavy atom. The number of rotatable bonds is 7. The summed E-state index contributed by atoms with van der Waals surface area (Å²) in [4.78, 5) is 21.4.